The second kappa shape index (κ2) is 6.38. The third-order valence-corrected chi connectivity index (χ3v) is 5.68. The highest BCUT2D eigenvalue weighted by Crippen LogP contribution is 2.35. The van der Waals surface area contributed by atoms with Crippen molar-refractivity contribution in [1.29, 1.82) is 0 Å². The van der Waals surface area contributed by atoms with Crippen LogP contribution in [-0.4, -0.2) is 15.0 Å². The lowest BCUT2D eigenvalue weighted by molar-refractivity contribution is 0.826. The Labute approximate surface area is 168 Å². The molecule has 0 bridgehead atoms. The van der Waals surface area contributed by atoms with Crippen LogP contribution in [0.2, 0.25) is 0 Å². The van der Waals surface area contributed by atoms with Gasteiger partial charge in [-0.05, 0) is 53.3 Å². The van der Waals surface area contributed by atoms with Crippen LogP contribution in [0.25, 0.3) is 33.1 Å². The van der Waals surface area contributed by atoms with Crippen LogP contribution in [0.1, 0.15) is 17.2 Å². The summed E-state index contributed by atoms with van der Waals surface area (Å²) in [5.74, 6) is 0. The molecule has 1 aliphatic rings. The summed E-state index contributed by atoms with van der Waals surface area (Å²) in [6, 6.07) is 23.8. The Kier molecular flexibility index (Phi) is 3.56. The largest absolute Gasteiger partial charge is 0.378 e. The topological polar surface area (TPSA) is 50.7 Å². The number of pyridine rings is 1. The number of fused-ring (bicyclic) bond motifs is 3. The molecular formula is C25H18N4. The summed E-state index contributed by atoms with van der Waals surface area (Å²) in [6.07, 6.45) is 6.42. The Morgan fingerprint density at radius 1 is 0.759 bits per heavy atom. The summed E-state index contributed by atoms with van der Waals surface area (Å²) in [6.45, 7) is 0. The molecular weight excluding hydrogens is 356 g/mol. The maximum atomic E-state index is 4.72. The number of para-hydroxylation sites is 1. The van der Waals surface area contributed by atoms with Crippen LogP contribution in [0.15, 0.2) is 85.3 Å². The maximum absolute atomic E-state index is 4.72. The second-order valence-corrected chi connectivity index (χ2v) is 7.49. The molecule has 1 N–H and O–H groups in total. The SMILES string of the molecule is c1ccc2c(c1)CC(c1ccc3cc(-c4ccc5nccnc5c4)ncc3c1)N2. The van der Waals surface area contributed by atoms with E-state index < -0.39 is 0 Å². The first-order valence-electron chi connectivity index (χ1n) is 9.79. The number of nitrogens with one attached hydrogen (secondary N) is 1. The van der Waals surface area contributed by atoms with E-state index in [-0.39, 0.29) is 0 Å². The summed E-state index contributed by atoms with van der Waals surface area (Å²) < 4.78 is 0. The predicted molar refractivity (Wildman–Crippen MR) is 117 cm³/mol. The van der Waals surface area contributed by atoms with E-state index in [2.05, 4.69) is 69.9 Å². The molecule has 0 fully saturated rings. The molecule has 5 aromatic rings. The van der Waals surface area contributed by atoms with Crippen molar-refractivity contribution >= 4 is 27.5 Å². The lowest BCUT2D eigenvalue weighted by atomic mass is 9.99. The fourth-order valence-electron chi connectivity index (χ4n) is 4.16. The average molecular weight is 374 g/mol. The van der Waals surface area contributed by atoms with Crippen molar-refractivity contribution in [3.63, 3.8) is 0 Å². The molecule has 1 atom stereocenters. The van der Waals surface area contributed by atoms with E-state index in [1.54, 1.807) is 12.4 Å². The Morgan fingerprint density at radius 3 is 2.59 bits per heavy atom. The van der Waals surface area contributed by atoms with Crippen molar-refractivity contribution in [2.75, 3.05) is 5.32 Å². The Hall–Kier alpha value is -3.79. The van der Waals surface area contributed by atoms with Crippen LogP contribution in [0, 0.1) is 0 Å². The lowest BCUT2D eigenvalue weighted by Gasteiger charge is -2.13. The number of rotatable bonds is 2. The molecule has 1 unspecified atom stereocenters. The van der Waals surface area contributed by atoms with Crippen molar-refractivity contribution in [1.82, 2.24) is 15.0 Å². The third-order valence-electron chi connectivity index (χ3n) is 5.68. The Morgan fingerprint density at radius 2 is 1.66 bits per heavy atom. The van der Waals surface area contributed by atoms with E-state index in [0.29, 0.717) is 6.04 Å². The van der Waals surface area contributed by atoms with Crippen molar-refractivity contribution in [2.24, 2.45) is 0 Å². The molecule has 2 aromatic heterocycles. The molecule has 0 aliphatic carbocycles. The third kappa shape index (κ3) is 2.81. The van der Waals surface area contributed by atoms with E-state index in [1.165, 1.54) is 22.2 Å². The molecule has 4 nitrogen and oxygen atoms in total. The quantitative estimate of drug-likeness (QED) is 0.440. The number of hydrogen-bond donors (Lipinski definition) is 1. The van der Waals surface area contributed by atoms with Crippen LogP contribution < -0.4 is 5.32 Å². The van der Waals surface area contributed by atoms with Gasteiger partial charge in [0.05, 0.1) is 22.8 Å². The number of nitrogens with zero attached hydrogens (tertiary/aromatic N) is 3. The van der Waals surface area contributed by atoms with Gasteiger partial charge in [0.15, 0.2) is 0 Å². The normalized spacial score (nSPS) is 15.4. The van der Waals surface area contributed by atoms with E-state index in [1.807, 2.05) is 18.3 Å². The molecule has 0 saturated heterocycles. The summed E-state index contributed by atoms with van der Waals surface area (Å²) in [5.41, 5.74) is 7.70. The molecule has 0 radical (unpaired) electrons. The van der Waals surface area contributed by atoms with E-state index in [4.69, 9.17) is 4.98 Å². The standard InChI is InChI=1S/C25H18N4/c1-2-4-21-17(3-1)13-24(29-21)18-6-5-16-12-23(28-15-20(16)11-18)19-7-8-22-25(14-19)27-10-9-26-22/h1-12,14-15,24,29H,13H2. The summed E-state index contributed by atoms with van der Waals surface area (Å²) in [4.78, 5) is 13.5. The number of aromatic nitrogens is 3. The predicted octanol–water partition coefficient (Wildman–Crippen LogP) is 5.55. The molecule has 0 saturated carbocycles. The van der Waals surface area contributed by atoms with Crippen LogP contribution in [0.4, 0.5) is 5.69 Å². The minimum Gasteiger partial charge on any atom is -0.378 e. The van der Waals surface area contributed by atoms with E-state index >= 15 is 0 Å². The van der Waals surface area contributed by atoms with Gasteiger partial charge in [0, 0.05) is 35.2 Å². The summed E-state index contributed by atoms with van der Waals surface area (Å²) in [7, 11) is 0. The monoisotopic (exact) mass is 374 g/mol. The van der Waals surface area contributed by atoms with Gasteiger partial charge >= 0.3 is 0 Å². The number of benzene rings is 3. The molecule has 3 aromatic carbocycles. The van der Waals surface area contributed by atoms with Crippen LogP contribution in [-0.2, 0) is 6.42 Å². The molecule has 138 valence electrons. The van der Waals surface area contributed by atoms with Gasteiger partial charge in [0.25, 0.3) is 0 Å². The Bertz CT molecular complexity index is 1350. The van der Waals surface area contributed by atoms with Gasteiger partial charge in [-0.1, -0.05) is 36.4 Å². The van der Waals surface area contributed by atoms with Crippen molar-refractivity contribution < 1.29 is 0 Å². The van der Waals surface area contributed by atoms with Crippen LogP contribution in [0.3, 0.4) is 0 Å². The van der Waals surface area contributed by atoms with Gasteiger partial charge in [-0.3, -0.25) is 15.0 Å². The lowest BCUT2D eigenvalue weighted by Crippen LogP contribution is -2.05. The zero-order valence-corrected chi connectivity index (χ0v) is 15.7. The number of anilines is 1. The first kappa shape index (κ1) is 16.2. The van der Waals surface area contributed by atoms with Gasteiger partial charge in [0.2, 0.25) is 0 Å². The fourth-order valence-corrected chi connectivity index (χ4v) is 4.16. The van der Waals surface area contributed by atoms with Crippen molar-refractivity contribution in [2.45, 2.75) is 12.5 Å². The average Bonchev–Trinajstić information content (AvgIpc) is 3.22. The highest BCUT2D eigenvalue weighted by molar-refractivity contribution is 5.87. The van der Waals surface area contributed by atoms with Crippen LogP contribution >= 0.6 is 0 Å². The first-order chi connectivity index (χ1) is 14.3. The Balaban J connectivity index is 1.35. The molecule has 1 aliphatic heterocycles. The maximum Gasteiger partial charge on any atom is 0.0893 e. The minimum absolute atomic E-state index is 0.315. The van der Waals surface area contributed by atoms with E-state index in [9.17, 15) is 0 Å². The molecule has 29 heavy (non-hydrogen) atoms. The second-order valence-electron chi connectivity index (χ2n) is 7.49. The first-order valence-corrected chi connectivity index (χ1v) is 9.79. The number of hydrogen-bond acceptors (Lipinski definition) is 4. The van der Waals surface area contributed by atoms with Gasteiger partial charge in [-0.2, -0.15) is 0 Å². The molecule has 4 heteroatoms. The van der Waals surface area contributed by atoms with Crippen molar-refractivity contribution in [3.05, 3.63) is 96.4 Å². The molecule has 0 spiro atoms. The zero-order chi connectivity index (χ0) is 19.2. The molecule has 6 rings (SSSR count). The van der Waals surface area contributed by atoms with Gasteiger partial charge in [-0.25, -0.2) is 0 Å². The fraction of sp³-hybridized carbons (Fsp3) is 0.0800. The zero-order valence-electron chi connectivity index (χ0n) is 15.7. The summed E-state index contributed by atoms with van der Waals surface area (Å²) in [5, 5.41) is 5.98. The highest BCUT2D eigenvalue weighted by Gasteiger charge is 2.21. The minimum atomic E-state index is 0.315. The smallest absolute Gasteiger partial charge is 0.0893 e. The van der Waals surface area contributed by atoms with Gasteiger partial charge in [-0.15, -0.1) is 0 Å². The molecule has 0 amide bonds. The summed E-state index contributed by atoms with van der Waals surface area (Å²) >= 11 is 0. The molecule has 3 heterocycles. The van der Waals surface area contributed by atoms with Crippen LogP contribution in [0.5, 0.6) is 0 Å². The van der Waals surface area contributed by atoms with Gasteiger partial charge in [0.1, 0.15) is 0 Å². The van der Waals surface area contributed by atoms with Gasteiger partial charge < -0.3 is 5.32 Å². The van der Waals surface area contributed by atoms with Crippen molar-refractivity contribution in [3.8, 4) is 11.3 Å². The van der Waals surface area contributed by atoms with E-state index in [0.717, 1.165) is 34.1 Å². The highest BCUT2D eigenvalue weighted by atomic mass is 14.9.